The number of fused-ring (bicyclic) bond motifs is 1. The van der Waals surface area contributed by atoms with Gasteiger partial charge in [-0.05, 0) is 42.7 Å². The third-order valence-corrected chi connectivity index (χ3v) is 3.98. The molecule has 1 nitrogen and oxygen atoms in total. The van der Waals surface area contributed by atoms with Gasteiger partial charge in [0.1, 0.15) is 0 Å². The van der Waals surface area contributed by atoms with E-state index >= 15 is 0 Å². The van der Waals surface area contributed by atoms with E-state index in [9.17, 15) is 13.2 Å². The van der Waals surface area contributed by atoms with Crippen molar-refractivity contribution < 1.29 is 13.2 Å². The Labute approximate surface area is 121 Å². The zero-order chi connectivity index (χ0) is 15.0. The summed E-state index contributed by atoms with van der Waals surface area (Å²) in [5, 5.41) is 3.19. The molecule has 0 amide bonds. The summed E-state index contributed by atoms with van der Waals surface area (Å²) in [5.41, 5.74) is 3.18. The lowest BCUT2D eigenvalue weighted by Gasteiger charge is -2.28. The monoisotopic (exact) mass is 291 g/mol. The zero-order valence-electron chi connectivity index (χ0n) is 11.7. The van der Waals surface area contributed by atoms with E-state index in [4.69, 9.17) is 0 Å². The van der Waals surface area contributed by atoms with Gasteiger partial charge in [0, 0.05) is 18.2 Å². The van der Waals surface area contributed by atoms with E-state index in [2.05, 4.69) is 5.32 Å². The van der Waals surface area contributed by atoms with E-state index < -0.39 is 11.7 Å². The Morgan fingerprint density at radius 3 is 2.43 bits per heavy atom. The highest BCUT2D eigenvalue weighted by Crippen LogP contribution is 2.40. The predicted molar refractivity (Wildman–Crippen MR) is 77.6 cm³/mol. The number of rotatable bonds is 1. The molecule has 3 rings (SSSR count). The molecule has 0 aromatic heterocycles. The highest BCUT2D eigenvalue weighted by atomic mass is 19.4. The maximum Gasteiger partial charge on any atom is 0.416 e. The molecule has 1 unspecified atom stereocenters. The molecule has 0 saturated heterocycles. The van der Waals surface area contributed by atoms with Gasteiger partial charge in [-0.15, -0.1) is 0 Å². The number of halogens is 3. The van der Waals surface area contributed by atoms with Crippen molar-refractivity contribution in [2.75, 3.05) is 11.9 Å². The lowest BCUT2D eigenvalue weighted by Crippen LogP contribution is -2.19. The fourth-order valence-corrected chi connectivity index (χ4v) is 2.84. The topological polar surface area (TPSA) is 12.0 Å². The van der Waals surface area contributed by atoms with Gasteiger partial charge in [0.15, 0.2) is 0 Å². The highest BCUT2D eigenvalue weighted by molar-refractivity contribution is 5.59. The summed E-state index contributed by atoms with van der Waals surface area (Å²) in [4.78, 5) is 0. The summed E-state index contributed by atoms with van der Waals surface area (Å²) < 4.78 is 38.8. The lowest BCUT2D eigenvalue weighted by molar-refractivity contribution is -0.137. The van der Waals surface area contributed by atoms with Crippen LogP contribution in [0.5, 0.6) is 0 Å². The van der Waals surface area contributed by atoms with E-state index in [0.717, 1.165) is 41.4 Å². The molecule has 0 spiro atoms. The average Bonchev–Trinajstić information content (AvgIpc) is 2.46. The molecule has 1 heterocycles. The van der Waals surface area contributed by atoms with Gasteiger partial charge in [-0.2, -0.15) is 13.2 Å². The SMILES string of the molecule is Cc1ccc(C2CCNc3ccc(C(F)(F)F)cc32)cc1. The van der Waals surface area contributed by atoms with Crippen molar-refractivity contribution >= 4 is 5.69 Å². The molecular weight excluding hydrogens is 275 g/mol. The normalized spacial score (nSPS) is 18.0. The van der Waals surface area contributed by atoms with Gasteiger partial charge >= 0.3 is 6.18 Å². The fraction of sp³-hybridized carbons (Fsp3) is 0.294. The van der Waals surface area contributed by atoms with Gasteiger partial charge in [0.05, 0.1) is 5.56 Å². The molecule has 110 valence electrons. The Morgan fingerprint density at radius 2 is 1.76 bits per heavy atom. The third-order valence-electron chi connectivity index (χ3n) is 3.98. The molecule has 0 fully saturated rings. The minimum absolute atomic E-state index is 0.0177. The van der Waals surface area contributed by atoms with Crippen LogP contribution in [0.25, 0.3) is 0 Å². The van der Waals surface area contributed by atoms with Crippen LogP contribution in [0, 0.1) is 6.92 Å². The van der Waals surface area contributed by atoms with Gasteiger partial charge in [-0.25, -0.2) is 0 Å². The summed E-state index contributed by atoms with van der Waals surface area (Å²) >= 11 is 0. The van der Waals surface area contributed by atoms with E-state index in [-0.39, 0.29) is 5.92 Å². The van der Waals surface area contributed by atoms with Gasteiger partial charge in [-0.3, -0.25) is 0 Å². The van der Waals surface area contributed by atoms with Crippen molar-refractivity contribution in [2.24, 2.45) is 0 Å². The van der Waals surface area contributed by atoms with E-state index in [1.54, 1.807) is 6.07 Å². The zero-order valence-corrected chi connectivity index (χ0v) is 11.7. The van der Waals surface area contributed by atoms with Crippen molar-refractivity contribution in [3.05, 3.63) is 64.7 Å². The maximum absolute atomic E-state index is 12.9. The molecule has 1 aliphatic rings. The van der Waals surface area contributed by atoms with E-state index in [0.29, 0.717) is 0 Å². The Morgan fingerprint density at radius 1 is 1.05 bits per heavy atom. The number of anilines is 1. The van der Waals surface area contributed by atoms with Crippen molar-refractivity contribution in [1.82, 2.24) is 0 Å². The number of hydrogen-bond donors (Lipinski definition) is 1. The van der Waals surface area contributed by atoms with Gasteiger partial charge in [0.2, 0.25) is 0 Å². The van der Waals surface area contributed by atoms with E-state index in [1.165, 1.54) is 6.07 Å². The Bertz CT molecular complexity index is 644. The summed E-state index contributed by atoms with van der Waals surface area (Å²) in [5.74, 6) is 0.0177. The van der Waals surface area contributed by atoms with Crippen molar-refractivity contribution in [3.63, 3.8) is 0 Å². The number of benzene rings is 2. The third kappa shape index (κ3) is 2.75. The van der Waals surface area contributed by atoms with Crippen LogP contribution in [0.3, 0.4) is 0 Å². The first-order valence-corrected chi connectivity index (χ1v) is 6.97. The van der Waals surface area contributed by atoms with Crippen LogP contribution < -0.4 is 5.32 Å². The first kappa shape index (κ1) is 14.0. The Hall–Kier alpha value is -1.97. The van der Waals surface area contributed by atoms with Gasteiger partial charge in [0.25, 0.3) is 0 Å². The molecule has 0 saturated carbocycles. The first-order chi connectivity index (χ1) is 9.95. The number of nitrogens with one attached hydrogen (secondary N) is 1. The molecule has 2 aromatic rings. The van der Waals surface area contributed by atoms with Crippen molar-refractivity contribution in [3.8, 4) is 0 Å². The largest absolute Gasteiger partial charge is 0.416 e. The van der Waals surface area contributed by atoms with E-state index in [1.807, 2.05) is 31.2 Å². The van der Waals surface area contributed by atoms with Crippen LogP contribution in [0.15, 0.2) is 42.5 Å². The summed E-state index contributed by atoms with van der Waals surface area (Å²) in [7, 11) is 0. The number of hydrogen-bond acceptors (Lipinski definition) is 1. The van der Waals surface area contributed by atoms with Crippen molar-refractivity contribution in [1.29, 1.82) is 0 Å². The van der Waals surface area contributed by atoms with Crippen LogP contribution in [0.4, 0.5) is 18.9 Å². The standard InChI is InChI=1S/C17H16F3N/c1-11-2-4-12(5-3-11)14-8-9-21-16-7-6-13(10-15(14)16)17(18,19)20/h2-7,10,14,21H,8-9H2,1H3. The fourth-order valence-electron chi connectivity index (χ4n) is 2.84. The van der Waals surface area contributed by atoms with Crippen molar-refractivity contribution in [2.45, 2.75) is 25.4 Å². The summed E-state index contributed by atoms with van der Waals surface area (Å²) in [6.45, 7) is 2.78. The minimum Gasteiger partial charge on any atom is -0.385 e. The molecule has 1 N–H and O–H groups in total. The molecule has 0 radical (unpaired) electrons. The lowest BCUT2D eigenvalue weighted by atomic mass is 9.84. The van der Waals surface area contributed by atoms with Gasteiger partial charge in [-0.1, -0.05) is 29.8 Å². The number of alkyl halides is 3. The molecule has 21 heavy (non-hydrogen) atoms. The number of aryl methyl sites for hydroxylation is 1. The van der Waals surface area contributed by atoms with Crippen LogP contribution >= 0.6 is 0 Å². The molecule has 1 aliphatic heterocycles. The summed E-state index contributed by atoms with van der Waals surface area (Å²) in [6, 6.07) is 12.0. The quantitative estimate of drug-likeness (QED) is 0.783. The highest BCUT2D eigenvalue weighted by Gasteiger charge is 2.32. The Kier molecular flexibility index (Phi) is 3.40. The minimum atomic E-state index is -4.30. The first-order valence-electron chi connectivity index (χ1n) is 6.97. The maximum atomic E-state index is 12.9. The molecule has 2 aromatic carbocycles. The van der Waals surface area contributed by atoms with Gasteiger partial charge < -0.3 is 5.32 Å². The molecule has 4 heteroatoms. The van der Waals surface area contributed by atoms with Crippen LogP contribution in [-0.2, 0) is 6.18 Å². The van der Waals surface area contributed by atoms with Crippen LogP contribution in [0.2, 0.25) is 0 Å². The second-order valence-corrected chi connectivity index (χ2v) is 5.48. The predicted octanol–water partition coefficient (Wildman–Crippen LogP) is 4.96. The molecular formula is C17H16F3N. The smallest absolute Gasteiger partial charge is 0.385 e. The second kappa shape index (κ2) is 5.10. The molecule has 1 atom stereocenters. The Balaban J connectivity index is 2.05. The summed E-state index contributed by atoms with van der Waals surface area (Å²) in [6.07, 6.45) is -3.50. The van der Waals surface area contributed by atoms with Crippen LogP contribution in [0.1, 0.15) is 34.6 Å². The molecule has 0 bridgehead atoms. The second-order valence-electron chi connectivity index (χ2n) is 5.48. The average molecular weight is 291 g/mol. The molecule has 0 aliphatic carbocycles. The van der Waals surface area contributed by atoms with Crippen LogP contribution in [-0.4, -0.2) is 6.54 Å².